The zero-order valence-electron chi connectivity index (χ0n) is 15.9. The van der Waals surface area contributed by atoms with E-state index in [-0.39, 0.29) is 18.2 Å². The number of amides is 1. The van der Waals surface area contributed by atoms with Gasteiger partial charge in [-0.3, -0.25) is 14.4 Å². The number of nitrogens with one attached hydrogen (secondary N) is 1. The number of Topliss-reactive ketones (excluding diaryl/α,β-unsaturated/α-hetero) is 1. The molecule has 1 amide bonds. The van der Waals surface area contributed by atoms with Gasteiger partial charge in [0.05, 0.1) is 19.1 Å². The molecule has 0 spiro atoms. The zero-order valence-corrected chi connectivity index (χ0v) is 15.9. The number of ether oxygens (including phenoxy) is 1. The Morgan fingerprint density at radius 3 is 2.27 bits per heavy atom. The maximum atomic E-state index is 12.6. The highest BCUT2D eigenvalue weighted by molar-refractivity contribution is 5.88. The summed E-state index contributed by atoms with van der Waals surface area (Å²) in [5.74, 6) is -1.66. The van der Waals surface area contributed by atoms with Crippen LogP contribution < -0.4 is 5.32 Å². The highest BCUT2D eigenvalue weighted by Crippen LogP contribution is 2.19. The van der Waals surface area contributed by atoms with Crippen molar-refractivity contribution in [1.82, 2.24) is 5.32 Å². The Kier molecular flexibility index (Phi) is 8.99. The van der Waals surface area contributed by atoms with Gasteiger partial charge in [-0.05, 0) is 24.3 Å². The van der Waals surface area contributed by atoms with Crippen LogP contribution in [0.5, 0.6) is 0 Å². The van der Waals surface area contributed by atoms with Crippen molar-refractivity contribution in [2.45, 2.75) is 52.2 Å². The van der Waals surface area contributed by atoms with Gasteiger partial charge in [0.2, 0.25) is 5.91 Å². The van der Waals surface area contributed by atoms with Gasteiger partial charge in [-0.2, -0.15) is 0 Å². The molecule has 2 N–H and O–H groups in total. The molecular formula is C20H29NO5. The number of benzene rings is 1. The fourth-order valence-corrected chi connectivity index (χ4v) is 2.96. The topological polar surface area (TPSA) is 92.7 Å². The molecule has 0 heterocycles. The molecular weight excluding hydrogens is 334 g/mol. The minimum absolute atomic E-state index is 0.114. The molecule has 0 fully saturated rings. The summed E-state index contributed by atoms with van der Waals surface area (Å²) in [6, 6.07) is 8.55. The third-order valence-electron chi connectivity index (χ3n) is 4.14. The highest BCUT2D eigenvalue weighted by atomic mass is 16.5. The molecule has 3 atom stereocenters. The first-order valence-corrected chi connectivity index (χ1v) is 8.84. The largest absolute Gasteiger partial charge is 0.469 e. The van der Waals surface area contributed by atoms with Crippen molar-refractivity contribution in [3.05, 3.63) is 35.9 Å². The van der Waals surface area contributed by atoms with E-state index in [1.54, 1.807) is 0 Å². The summed E-state index contributed by atoms with van der Waals surface area (Å²) in [7, 11) is 1.28. The smallest absolute Gasteiger partial charge is 0.309 e. The van der Waals surface area contributed by atoms with E-state index in [4.69, 9.17) is 4.74 Å². The molecule has 0 aliphatic rings. The van der Waals surface area contributed by atoms with E-state index in [2.05, 4.69) is 5.32 Å². The summed E-state index contributed by atoms with van der Waals surface area (Å²) in [6.45, 7) is 5.24. The van der Waals surface area contributed by atoms with Gasteiger partial charge in [-0.15, -0.1) is 0 Å². The van der Waals surface area contributed by atoms with E-state index in [0.29, 0.717) is 12.8 Å². The number of aliphatic hydroxyl groups excluding tert-OH is 1. The molecule has 0 aromatic heterocycles. The summed E-state index contributed by atoms with van der Waals surface area (Å²) in [4.78, 5) is 36.0. The molecule has 1 aromatic rings. The minimum atomic E-state index is -1.39. The van der Waals surface area contributed by atoms with Crippen molar-refractivity contribution in [1.29, 1.82) is 0 Å². The number of hydrogen-bond acceptors (Lipinski definition) is 5. The predicted octanol–water partition coefficient (Wildman–Crippen LogP) is 1.89. The number of aliphatic hydroxyl groups is 1. The van der Waals surface area contributed by atoms with Gasteiger partial charge in [-0.25, -0.2) is 0 Å². The van der Waals surface area contributed by atoms with E-state index in [1.165, 1.54) is 14.0 Å². The van der Waals surface area contributed by atoms with E-state index in [1.807, 2.05) is 44.2 Å². The third-order valence-corrected chi connectivity index (χ3v) is 4.14. The molecule has 144 valence electrons. The lowest BCUT2D eigenvalue weighted by Gasteiger charge is -2.24. The van der Waals surface area contributed by atoms with Crippen molar-refractivity contribution in [2.75, 3.05) is 7.11 Å². The summed E-state index contributed by atoms with van der Waals surface area (Å²) in [5, 5.41) is 13.1. The Labute approximate surface area is 154 Å². The highest BCUT2D eigenvalue weighted by Gasteiger charge is 2.31. The number of methoxy groups -OCH3 is 1. The standard InChI is InChI=1S/C20H29NO5/c1-13(2)10-16(20(25)26-4)12-18(23)19(24)17(21-14(3)22)11-15-8-6-5-7-9-15/h5-9,13,16-17,19,24H,10-12H2,1-4H3,(H,21,22)/t16-,17-,19+/m1/s1. The van der Waals surface area contributed by atoms with Crippen LogP contribution in [-0.4, -0.2) is 42.0 Å². The van der Waals surface area contributed by atoms with E-state index < -0.39 is 29.8 Å². The second-order valence-electron chi connectivity index (χ2n) is 6.96. The lowest BCUT2D eigenvalue weighted by Crippen LogP contribution is -2.48. The molecule has 0 unspecified atom stereocenters. The van der Waals surface area contributed by atoms with Crippen molar-refractivity contribution < 1.29 is 24.2 Å². The molecule has 1 aromatic carbocycles. The fraction of sp³-hybridized carbons (Fsp3) is 0.550. The molecule has 0 aliphatic carbocycles. The number of ketones is 1. The lowest BCUT2D eigenvalue weighted by atomic mass is 9.88. The van der Waals surface area contributed by atoms with E-state index >= 15 is 0 Å². The monoisotopic (exact) mass is 363 g/mol. The second-order valence-corrected chi connectivity index (χ2v) is 6.96. The minimum Gasteiger partial charge on any atom is -0.469 e. The number of rotatable bonds is 10. The normalized spacial score (nSPS) is 14.4. The number of carbonyl (C=O) groups excluding carboxylic acids is 3. The first kappa shape index (κ1) is 21.8. The van der Waals surface area contributed by atoms with E-state index in [9.17, 15) is 19.5 Å². The Morgan fingerprint density at radius 2 is 1.77 bits per heavy atom. The molecule has 26 heavy (non-hydrogen) atoms. The zero-order chi connectivity index (χ0) is 19.7. The SMILES string of the molecule is COC(=O)[C@@H](CC(=O)[C@@H](O)[C@@H](Cc1ccccc1)NC(C)=O)CC(C)C. The summed E-state index contributed by atoms with van der Waals surface area (Å²) in [5.41, 5.74) is 0.893. The second kappa shape index (κ2) is 10.7. The van der Waals surface area contributed by atoms with Crippen LogP contribution in [-0.2, 0) is 25.5 Å². The van der Waals surface area contributed by atoms with Gasteiger partial charge < -0.3 is 15.2 Å². The number of esters is 1. The summed E-state index contributed by atoms with van der Waals surface area (Å²) < 4.78 is 4.77. The van der Waals surface area contributed by atoms with Crippen LogP contribution in [0.1, 0.15) is 39.2 Å². The Balaban J connectivity index is 2.86. The lowest BCUT2D eigenvalue weighted by molar-refractivity contribution is -0.149. The Hall–Kier alpha value is -2.21. The van der Waals surface area contributed by atoms with Gasteiger partial charge in [0.25, 0.3) is 0 Å². The van der Waals surface area contributed by atoms with E-state index in [0.717, 1.165) is 5.56 Å². The van der Waals surface area contributed by atoms with Crippen LogP contribution in [0.2, 0.25) is 0 Å². The number of carbonyl (C=O) groups is 3. The summed E-state index contributed by atoms with van der Waals surface area (Å²) >= 11 is 0. The molecule has 6 heteroatoms. The van der Waals surface area contributed by atoms with Crippen LogP contribution in [0.3, 0.4) is 0 Å². The first-order chi connectivity index (χ1) is 12.2. The number of hydrogen-bond donors (Lipinski definition) is 2. The molecule has 6 nitrogen and oxygen atoms in total. The first-order valence-electron chi connectivity index (χ1n) is 8.84. The maximum absolute atomic E-state index is 12.6. The molecule has 0 saturated carbocycles. The Morgan fingerprint density at radius 1 is 1.15 bits per heavy atom. The molecule has 0 bridgehead atoms. The fourth-order valence-electron chi connectivity index (χ4n) is 2.96. The van der Waals surface area contributed by atoms with Gasteiger partial charge in [0, 0.05) is 13.3 Å². The maximum Gasteiger partial charge on any atom is 0.309 e. The average Bonchev–Trinajstić information content (AvgIpc) is 2.59. The van der Waals surface area contributed by atoms with Crippen LogP contribution >= 0.6 is 0 Å². The molecule has 0 aliphatic heterocycles. The third kappa shape index (κ3) is 7.35. The summed E-state index contributed by atoms with van der Waals surface area (Å²) in [6.07, 6.45) is -0.690. The Bertz CT molecular complexity index is 599. The van der Waals surface area contributed by atoms with Crippen molar-refractivity contribution in [2.24, 2.45) is 11.8 Å². The molecule has 0 saturated heterocycles. The quantitative estimate of drug-likeness (QED) is 0.619. The van der Waals surface area contributed by atoms with Crippen LogP contribution in [0, 0.1) is 11.8 Å². The van der Waals surface area contributed by atoms with Crippen molar-refractivity contribution in [3.8, 4) is 0 Å². The predicted molar refractivity (Wildman–Crippen MR) is 98.3 cm³/mol. The van der Waals surface area contributed by atoms with Gasteiger partial charge in [0.15, 0.2) is 5.78 Å². The average molecular weight is 363 g/mol. The molecule has 1 rings (SSSR count). The van der Waals surface area contributed by atoms with Gasteiger partial charge in [-0.1, -0.05) is 44.2 Å². The van der Waals surface area contributed by atoms with Crippen molar-refractivity contribution >= 4 is 17.7 Å². The van der Waals surface area contributed by atoms with Gasteiger partial charge in [0.1, 0.15) is 6.10 Å². The van der Waals surface area contributed by atoms with Crippen LogP contribution in [0.4, 0.5) is 0 Å². The van der Waals surface area contributed by atoms with Crippen LogP contribution in [0.15, 0.2) is 30.3 Å². The van der Waals surface area contributed by atoms with Crippen molar-refractivity contribution in [3.63, 3.8) is 0 Å². The molecule has 0 radical (unpaired) electrons. The van der Waals surface area contributed by atoms with Crippen LogP contribution in [0.25, 0.3) is 0 Å². The van der Waals surface area contributed by atoms with Gasteiger partial charge >= 0.3 is 5.97 Å².